The van der Waals surface area contributed by atoms with E-state index in [1.807, 2.05) is 26.2 Å². The first kappa shape index (κ1) is 31.3. The summed E-state index contributed by atoms with van der Waals surface area (Å²) in [5, 5.41) is 10.1. The predicted molar refractivity (Wildman–Crippen MR) is 158 cm³/mol. The van der Waals surface area contributed by atoms with Gasteiger partial charge < -0.3 is 19.6 Å². The minimum atomic E-state index is -4.43. The number of amides is 1. The van der Waals surface area contributed by atoms with Gasteiger partial charge in [-0.15, -0.1) is 11.3 Å². The SMILES string of the molecule is CN(C)Cc1ccnc(OC2CCC(N(C(=O)C3CCCCC3)c3cc(C#CC4(C(F)(F)F)CC4)sc3C(=O)O)CC2)c1. The zero-order valence-electron chi connectivity index (χ0n) is 24.6. The van der Waals surface area contributed by atoms with Gasteiger partial charge in [-0.25, -0.2) is 9.78 Å². The molecular weight excluding hydrogens is 579 g/mol. The second-order valence-corrected chi connectivity index (χ2v) is 13.3. The number of carbonyl (C=O) groups is 2. The van der Waals surface area contributed by atoms with Crippen LogP contribution in [0.2, 0.25) is 0 Å². The third-order valence-electron chi connectivity index (χ3n) is 8.67. The zero-order chi connectivity index (χ0) is 30.8. The Balaban J connectivity index is 1.38. The molecule has 3 saturated carbocycles. The maximum absolute atomic E-state index is 14.0. The number of hydrogen-bond acceptors (Lipinski definition) is 6. The first-order chi connectivity index (χ1) is 20.5. The lowest BCUT2D eigenvalue weighted by Gasteiger charge is -2.39. The number of hydrogen-bond donors (Lipinski definition) is 1. The number of anilines is 1. The summed E-state index contributed by atoms with van der Waals surface area (Å²) in [6, 6.07) is 5.14. The van der Waals surface area contributed by atoms with Crippen molar-refractivity contribution >= 4 is 28.9 Å². The Morgan fingerprint density at radius 3 is 2.40 bits per heavy atom. The highest BCUT2D eigenvalue weighted by molar-refractivity contribution is 7.15. The van der Waals surface area contributed by atoms with E-state index >= 15 is 0 Å². The van der Waals surface area contributed by atoms with E-state index in [1.54, 1.807) is 11.1 Å². The summed E-state index contributed by atoms with van der Waals surface area (Å²) < 4.78 is 46.6. The maximum Gasteiger partial charge on any atom is 0.405 e. The van der Waals surface area contributed by atoms with Crippen molar-refractivity contribution in [3.8, 4) is 17.7 Å². The Bertz CT molecular complexity index is 1380. The Labute approximate surface area is 254 Å². The van der Waals surface area contributed by atoms with Crippen LogP contribution in [0.15, 0.2) is 24.4 Å². The number of pyridine rings is 1. The third-order valence-corrected chi connectivity index (χ3v) is 9.70. The summed E-state index contributed by atoms with van der Waals surface area (Å²) in [4.78, 5) is 34.6. The summed E-state index contributed by atoms with van der Waals surface area (Å²) in [7, 11) is 3.99. The second-order valence-electron chi connectivity index (χ2n) is 12.3. The topological polar surface area (TPSA) is 83.0 Å². The number of aromatic carboxylic acids is 1. The van der Waals surface area contributed by atoms with Crippen LogP contribution in [0, 0.1) is 23.2 Å². The predicted octanol–water partition coefficient (Wildman–Crippen LogP) is 6.90. The fourth-order valence-corrected chi connectivity index (χ4v) is 7.01. The number of carbonyl (C=O) groups excluding carboxylic acids is 1. The Morgan fingerprint density at radius 2 is 1.79 bits per heavy atom. The molecule has 1 N–H and O–H groups in total. The monoisotopic (exact) mass is 617 g/mol. The molecule has 5 rings (SSSR count). The van der Waals surface area contributed by atoms with E-state index in [4.69, 9.17) is 4.74 Å². The van der Waals surface area contributed by atoms with Crippen molar-refractivity contribution in [3.63, 3.8) is 0 Å². The van der Waals surface area contributed by atoms with Crippen molar-refractivity contribution in [2.75, 3.05) is 19.0 Å². The van der Waals surface area contributed by atoms with Crippen LogP contribution in [-0.4, -0.2) is 59.3 Å². The first-order valence-corrected chi connectivity index (χ1v) is 15.8. The highest BCUT2D eigenvalue weighted by Crippen LogP contribution is 2.57. The molecule has 0 unspecified atom stereocenters. The van der Waals surface area contributed by atoms with E-state index in [0.717, 1.165) is 55.5 Å². The van der Waals surface area contributed by atoms with Gasteiger partial charge in [0.2, 0.25) is 11.8 Å². The molecule has 0 aliphatic heterocycles. The lowest BCUT2D eigenvalue weighted by molar-refractivity contribution is -0.168. The zero-order valence-corrected chi connectivity index (χ0v) is 25.4. The number of halogens is 3. The fraction of sp³-hybridized carbons (Fsp3) is 0.594. The highest BCUT2D eigenvalue weighted by Gasteiger charge is 2.62. The molecule has 0 atom stereocenters. The summed E-state index contributed by atoms with van der Waals surface area (Å²) >= 11 is 0.840. The van der Waals surface area contributed by atoms with E-state index in [-0.39, 0.29) is 52.3 Å². The van der Waals surface area contributed by atoms with Crippen molar-refractivity contribution in [3.05, 3.63) is 39.7 Å². The minimum absolute atomic E-state index is 0.0550. The van der Waals surface area contributed by atoms with Crippen LogP contribution in [0.5, 0.6) is 5.88 Å². The number of carboxylic acids is 1. The quantitative estimate of drug-likeness (QED) is 0.325. The molecule has 0 saturated heterocycles. The van der Waals surface area contributed by atoms with Crippen LogP contribution in [0.3, 0.4) is 0 Å². The Hall–Kier alpha value is -3.10. The van der Waals surface area contributed by atoms with Crippen LogP contribution in [0.4, 0.5) is 18.9 Å². The molecule has 2 aromatic rings. The van der Waals surface area contributed by atoms with E-state index in [1.165, 1.54) is 6.07 Å². The number of aromatic nitrogens is 1. The van der Waals surface area contributed by atoms with E-state index in [2.05, 4.69) is 21.7 Å². The molecule has 2 aromatic heterocycles. The van der Waals surface area contributed by atoms with Gasteiger partial charge in [-0.05, 0) is 83.2 Å². The number of thiophene rings is 1. The van der Waals surface area contributed by atoms with E-state index in [9.17, 15) is 27.9 Å². The van der Waals surface area contributed by atoms with Crippen LogP contribution < -0.4 is 9.64 Å². The van der Waals surface area contributed by atoms with Gasteiger partial charge in [-0.3, -0.25) is 4.79 Å². The summed E-state index contributed by atoms with van der Waals surface area (Å²) in [6.07, 6.45) is 4.07. The number of ether oxygens (including phenoxy) is 1. The lowest BCUT2D eigenvalue weighted by Crippen LogP contribution is -2.47. The van der Waals surface area contributed by atoms with Crippen molar-refractivity contribution in [2.24, 2.45) is 11.3 Å². The van der Waals surface area contributed by atoms with Crippen LogP contribution in [-0.2, 0) is 11.3 Å². The average molecular weight is 618 g/mol. The van der Waals surface area contributed by atoms with Gasteiger partial charge in [0, 0.05) is 30.8 Å². The fourth-order valence-electron chi connectivity index (χ4n) is 6.17. The molecule has 0 bridgehead atoms. The van der Waals surface area contributed by atoms with Crippen LogP contribution in [0.1, 0.15) is 90.7 Å². The Morgan fingerprint density at radius 1 is 1.09 bits per heavy atom. The van der Waals surface area contributed by atoms with Crippen LogP contribution >= 0.6 is 11.3 Å². The van der Waals surface area contributed by atoms with Gasteiger partial charge in [0.25, 0.3) is 0 Å². The molecule has 2 heterocycles. The lowest BCUT2D eigenvalue weighted by atomic mass is 9.86. The van der Waals surface area contributed by atoms with Crippen LogP contribution in [0.25, 0.3) is 0 Å². The van der Waals surface area contributed by atoms with Crippen molar-refractivity contribution in [1.82, 2.24) is 9.88 Å². The average Bonchev–Trinajstić information content (AvgIpc) is 3.66. The number of carboxylic acid groups (broad SMARTS) is 1. The third kappa shape index (κ3) is 7.35. The molecule has 3 fully saturated rings. The van der Waals surface area contributed by atoms with Gasteiger partial charge in [0.1, 0.15) is 16.4 Å². The molecule has 0 spiro atoms. The van der Waals surface area contributed by atoms with E-state index < -0.39 is 17.6 Å². The molecule has 232 valence electrons. The number of nitrogens with zero attached hydrogens (tertiary/aromatic N) is 3. The molecule has 43 heavy (non-hydrogen) atoms. The van der Waals surface area contributed by atoms with Gasteiger partial charge in [0.15, 0.2) is 0 Å². The minimum Gasteiger partial charge on any atom is -0.477 e. The Kier molecular flexibility index (Phi) is 9.37. The smallest absolute Gasteiger partial charge is 0.405 e. The molecular formula is C32H38F3N3O4S. The van der Waals surface area contributed by atoms with Gasteiger partial charge in [-0.1, -0.05) is 31.1 Å². The van der Waals surface area contributed by atoms with Gasteiger partial charge in [-0.2, -0.15) is 13.2 Å². The van der Waals surface area contributed by atoms with E-state index in [0.29, 0.717) is 31.6 Å². The molecule has 1 amide bonds. The van der Waals surface area contributed by atoms with Gasteiger partial charge >= 0.3 is 12.1 Å². The first-order valence-electron chi connectivity index (χ1n) is 15.0. The highest BCUT2D eigenvalue weighted by atomic mass is 32.1. The molecule has 0 aromatic carbocycles. The van der Waals surface area contributed by atoms with Gasteiger partial charge in [0.05, 0.1) is 10.6 Å². The van der Waals surface area contributed by atoms with Crippen molar-refractivity contribution in [2.45, 2.75) is 95.5 Å². The second kappa shape index (κ2) is 12.9. The van der Waals surface area contributed by atoms with Crippen molar-refractivity contribution in [1.29, 1.82) is 0 Å². The summed E-state index contributed by atoms with van der Waals surface area (Å²) in [5.41, 5.74) is -0.679. The summed E-state index contributed by atoms with van der Waals surface area (Å²) in [6.45, 7) is 0.764. The molecule has 3 aliphatic carbocycles. The normalized spacial score (nSPS) is 22.0. The molecule has 0 radical (unpaired) electrons. The number of rotatable bonds is 8. The van der Waals surface area contributed by atoms with Crippen molar-refractivity contribution < 1.29 is 32.6 Å². The number of alkyl halides is 3. The molecule has 3 aliphatic rings. The maximum atomic E-state index is 14.0. The standard InChI is InChI=1S/C32H38F3N3O4S/c1-37(2)20-21-13-17-36-27(18-21)42-24-10-8-23(9-11-24)38(29(39)22-6-4-3-5-7-22)26-19-25(43-28(26)30(40)41)12-14-31(15-16-31)32(33,34)35/h13,17-19,22-24H,3-11,15-16,20H2,1-2H3,(H,40,41). The summed E-state index contributed by atoms with van der Waals surface area (Å²) in [5.74, 6) is 4.02. The molecule has 7 nitrogen and oxygen atoms in total. The molecule has 11 heteroatoms. The largest absolute Gasteiger partial charge is 0.477 e.